The van der Waals surface area contributed by atoms with Gasteiger partial charge < -0.3 is 20.1 Å². The molecule has 6 nitrogen and oxygen atoms in total. The van der Waals surface area contributed by atoms with E-state index in [4.69, 9.17) is 9.47 Å². The zero-order valence-electron chi connectivity index (χ0n) is 15.3. The van der Waals surface area contributed by atoms with Gasteiger partial charge >= 0.3 is 12.0 Å². The van der Waals surface area contributed by atoms with Crippen LogP contribution < -0.4 is 10.6 Å². The number of rotatable bonds is 6. The van der Waals surface area contributed by atoms with E-state index in [0.717, 1.165) is 16.7 Å². The van der Waals surface area contributed by atoms with Crippen molar-refractivity contribution in [3.05, 3.63) is 71.4 Å². The summed E-state index contributed by atoms with van der Waals surface area (Å²) in [7, 11) is 1.54. The van der Waals surface area contributed by atoms with Crippen LogP contribution in [0.4, 0.5) is 4.79 Å². The molecule has 2 aromatic carbocycles. The molecule has 0 aromatic heterocycles. The molecule has 1 heterocycles. The number of nitrogens with one attached hydrogen (secondary N) is 2. The molecule has 2 aromatic rings. The summed E-state index contributed by atoms with van der Waals surface area (Å²) in [5.41, 5.74) is 3.84. The molecular formula is C21H22N2O4. The average Bonchev–Trinajstić information content (AvgIpc) is 2.68. The summed E-state index contributed by atoms with van der Waals surface area (Å²) in [6.45, 7) is 2.16. The number of hydrogen-bond donors (Lipinski definition) is 2. The SMILES string of the molecule is COCCOC(=O)C1=C(C)NC(=O)N[C@@H]1c1ccc(-c2ccccc2)cc1. The number of carbonyl (C=O) groups is 2. The smallest absolute Gasteiger partial charge is 0.338 e. The fourth-order valence-electron chi connectivity index (χ4n) is 3.01. The minimum absolute atomic E-state index is 0.153. The number of carbonyl (C=O) groups excluding carboxylic acids is 2. The minimum Gasteiger partial charge on any atom is -0.460 e. The maximum absolute atomic E-state index is 12.5. The van der Waals surface area contributed by atoms with E-state index in [1.165, 1.54) is 7.11 Å². The van der Waals surface area contributed by atoms with E-state index in [9.17, 15) is 9.59 Å². The van der Waals surface area contributed by atoms with Gasteiger partial charge in [0.2, 0.25) is 0 Å². The predicted molar refractivity (Wildman–Crippen MR) is 102 cm³/mol. The number of esters is 1. The highest BCUT2D eigenvalue weighted by atomic mass is 16.6. The lowest BCUT2D eigenvalue weighted by Gasteiger charge is -2.28. The van der Waals surface area contributed by atoms with E-state index < -0.39 is 12.0 Å². The number of methoxy groups -OCH3 is 1. The summed E-state index contributed by atoms with van der Waals surface area (Å²) < 4.78 is 10.2. The largest absolute Gasteiger partial charge is 0.460 e. The molecule has 0 spiro atoms. The standard InChI is InChI=1S/C21H22N2O4/c1-14-18(20(24)27-13-12-26-2)19(23-21(25)22-14)17-10-8-16(9-11-17)15-6-4-3-5-7-15/h3-11,19H,12-13H2,1-2H3,(H2,22,23,25)/t19-/m1/s1. The van der Waals surface area contributed by atoms with Gasteiger partial charge in [0.1, 0.15) is 6.61 Å². The van der Waals surface area contributed by atoms with Crippen LogP contribution in [0, 0.1) is 0 Å². The van der Waals surface area contributed by atoms with Crippen LogP contribution in [0.1, 0.15) is 18.5 Å². The summed E-state index contributed by atoms with van der Waals surface area (Å²) in [5.74, 6) is -0.478. The zero-order valence-corrected chi connectivity index (χ0v) is 15.3. The molecule has 1 atom stereocenters. The molecule has 0 saturated heterocycles. The number of hydrogen-bond acceptors (Lipinski definition) is 4. The fraction of sp³-hybridized carbons (Fsp3) is 0.238. The first-order chi connectivity index (χ1) is 13.1. The zero-order chi connectivity index (χ0) is 19.2. The molecule has 1 aliphatic rings. The highest BCUT2D eigenvalue weighted by molar-refractivity contribution is 5.95. The second-order valence-electron chi connectivity index (χ2n) is 6.19. The van der Waals surface area contributed by atoms with Crippen molar-refractivity contribution in [1.29, 1.82) is 0 Å². The van der Waals surface area contributed by atoms with Gasteiger partial charge in [0.15, 0.2) is 0 Å². The van der Waals surface area contributed by atoms with Crippen molar-refractivity contribution in [2.45, 2.75) is 13.0 Å². The van der Waals surface area contributed by atoms with E-state index in [2.05, 4.69) is 10.6 Å². The highest BCUT2D eigenvalue weighted by Crippen LogP contribution is 2.29. The normalized spacial score (nSPS) is 16.5. The second-order valence-corrected chi connectivity index (χ2v) is 6.19. The Labute approximate surface area is 158 Å². The monoisotopic (exact) mass is 366 g/mol. The Bertz CT molecular complexity index is 844. The summed E-state index contributed by atoms with van der Waals surface area (Å²) in [6.07, 6.45) is 0. The molecule has 0 radical (unpaired) electrons. The van der Waals surface area contributed by atoms with Gasteiger partial charge in [-0.05, 0) is 23.6 Å². The predicted octanol–water partition coefficient (Wildman–Crippen LogP) is 3.17. The van der Waals surface area contributed by atoms with Gasteiger partial charge in [-0.2, -0.15) is 0 Å². The van der Waals surface area contributed by atoms with Crippen LogP contribution in [0.2, 0.25) is 0 Å². The number of benzene rings is 2. The van der Waals surface area contributed by atoms with Gasteiger partial charge in [0.05, 0.1) is 18.2 Å². The quantitative estimate of drug-likeness (QED) is 0.608. The lowest BCUT2D eigenvalue weighted by atomic mass is 9.94. The van der Waals surface area contributed by atoms with Crippen LogP contribution >= 0.6 is 0 Å². The van der Waals surface area contributed by atoms with Crippen LogP contribution in [-0.4, -0.2) is 32.3 Å². The second kappa shape index (κ2) is 8.51. The van der Waals surface area contributed by atoms with Crippen LogP contribution in [0.5, 0.6) is 0 Å². The Morgan fingerprint density at radius 1 is 1.00 bits per heavy atom. The van der Waals surface area contributed by atoms with Crippen LogP contribution in [0.15, 0.2) is 65.9 Å². The number of allylic oxidation sites excluding steroid dienone is 1. The van der Waals surface area contributed by atoms with Crippen molar-refractivity contribution >= 4 is 12.0 Å². The van der Waals surface area contributed by atoms with Crippen LogP contribution in [0.25, 0.3) is 11.1 Å². The number of ether oxygens (including phenoxy) is 2. The third kappa shape index (κ3) is 4.35. The molecule has 0 unspecified atom stereocenters. The molecule has 140 valence electrons. The summed E-state index contributed by atoms with van der Waals surface area (Å²) in [6, 6.07) is 16.8. The Hall–Kier alpha value is -3.12. The third-order valence-electron chi connectivity index (χ3n) is 4.36. The Morgan fingerprint density at radius 2 is 1.67 bits per heavy atom. The Balaban J connectivity index is 1.87. The highest BCUT2D eigenvalue weighted by Gasteiger charge is 2.32. The maximum atomic E-state index is 12.5. The van der Waals surface area contributed by atoms with Crippen molar-refractivity contribution in [2.24, 2.45) is 0 Å². The van der Waals surface area contributed by atoms with Gasteiger partial charge in [0.25, 0.3) is 0 Å². The Morgan fingerprint density at radius 3 is 2.33 bits per heavy atom. The molecule has 0 bridgehead atoms. The molecule has 3 rings (SSSR count). The summed E-state index contributed by atoms with van der Waals surface area (Å²) in [5, 5.41) is 5.44. The first-order valence-corrected chi connectivity index (χ1v) is 8.70. The van der Waals surface area contributed by atoms with E-state index in [1.807, 2.05) is 54.6 Å². The lowest BCUT2D eigenvalue weighted by molar-refractivity contribution is -0.140. The summed E-state index contributed by atoms with van der Waals surface area (Å²) >= 11 is 0. The molecule has 0 aliphatic carbocycles. The van der Waals surface area contributed by atoms with Crippen molar-refractivity contribution < 1.29 is 19.1 Å². The first-order valence-electron chi connectivity index (χ1n) is 8.70. The average molecular weight is 366 g/mol. The maximum Gasteiger partial charge on any atom is 0.338 e. The van der Waals surface area contributed by atoms with Crippen molar-refractivity contribution in [2.75, 3.05) is 20.3 Å². The van der Waals surface area contributed by atoms with Crippen LogP contribution in [0.3, 0.4) is 0 Å². The van der Waals surface area contributed by atoms with E-state index in [0.29, 0.717) is 17.9 Å². The van der Waals surface area contributed by atoms with Gasteiger partial charge in [-0.3, -0.25) is 0 Å². The van der Waals surface area contributed by atoms with Gasteiger partial charge in [-0.25, -0.2) is 9.59 Å². The minimum atomic E-state index is -0.571. The molecule has 1 aliphatic heterocycles. The molecule has 0 fully saturated rings. The number of urea groups is 1. The molecule has 2 N–H and O–H groups in total. The first kappa shape index (κ1) is 18.7. The van der Waals surface area contributed by atoms with Gasteiger partial charge in [-0.1, -0.05) is 54.6 Å². The van der Waals surface area contributed by atoms with Crippen molar-refractivity contribution in [1.82, 2.24) is 10.6 Å². The van der Waals surface area contributed by atoms with Gasteiger partial charge in [0, 0.05) is 12.8 Å². The van der Waals surface area contributed by atoms with Gasteiger partial charge in [-0.15, -0.1) is 0 Å². The number of amides is 2. The molecule has 6 heteroatoms. The van der Waals surface area contributed by atoms with Crippen LogP contribution in [-0.2, 0) is 14.3 Å². The topological polar surface area (TPSA) is 76.7 Å². The van der Waals surface area contributed by atoms with E-state index in [-0.39, 0.29) is 12.6 Å². The third-order valence-corrected chi connectivity index (χ3v) is 4.36. The Kier molecular flexibility index (Phi) is 5.88. The molecular weight excluding hydrogens is 344 g/mol. The fourth-order valence-corrected chi connectivity index (χ4v) is 3.01. The molecule has 0 saturated carbocycles. The van der Waals surface area contributed by atoms with Crippen molar-refractivity contribution in [3.8, 4) is 11.1 Å². The van der Waals surface area contributed by atoms with E-state index in [1.54, 1.807) is 6.92 Å². The molecule has 27 heavy (non-hydrogen) atoms. The summed E-state index contributed by atoms with van der Waals surface area (Å²) in [4.78, 5) is 24.5. The molecule has 2 amide bonds. The lowest BCUT2D eigenvalue weighted by Crippen LogP contribution is -2.45. The van der Waals surface area contributed by atoms with Crippen molar-refractivity contribution in [3.63, 3.8) is 0 Å². The van der Waals surface area contributed by atoms with E-state index >= 15 is 0 Å².